The van der Waals surface area contributed by atoms with Crippen LogP contribution < -0.4 is 56.1 Å². The molecule has 17 heavy (non-hydrogen) atoms. The van der Waals surface area contributed by atoms with Crippen LogP contribution in [0.5, 0.6) is 5.75 Å². The van der Waals surface area contributed by atoms with Crippen molar-refractivity contribution in [1.29, 1.82) is 0 Å². The molecule has 0 aromatic heterocycles. The summed E-state index contributed by atoms with van der Waals surface area (Å²) in [5.41, 5.74) is 0. The van der Waals surface area contributed by atoms with Gasteiger partial charge in [0.15, 0.2) is 0 Å². The number of hydrogen-bond acceptors (Lipinski definition) is 1. The smallest absolute Gasteiger partial charge is 0.507 e. The average Bonchev–Trinajstić information content (AvgIpc) is 2.27. The molecular formula is C11H9BF3KO. The molecule has 0 spiro atoms. The van der Waals surface area contributed by atoms with Gasteiger partial charge in [-0.1, -0.05) is 12.1 Å². The number of methoxy groups -OCH3 is 1. The molecule has 0 atom stereocenters. The first-order chi connectivity index (χ1) is 7.63. The molecule has 0 saturated heterocycles. The fraction of sp³-hybridized carbons (Fsp3) is 0.0909. The Kier molecular flexibility index (Phi) is 8.99. The molecule has 0 bridgehead atoms. The molecule has 1 nitrogen and oxygen atoms in total. The van der Waals surface area contributed by atoms with Gasteiger partial charge in [0.2, 0.25) is 0 Å². The van der Waals surface area contributed by atoms with Crippen molar-refractivity contribution in [3.05, 3.63) is 42.5 Å². The van der Waals surface area contributed by atoms with Gasteiger partial charge in [0, 0.05) is 0 Å². The summed E-state index contributed by atoms with van der Waals surface area (Å²) in [4.78, 5) is 0. The Balaban J connectivity index is 0.000000453. The maximum absolute atomic E-state index is 9.67. The molecule has 0 unspecified atom stereocenters. The third kappa shape index (κ3) is 6.47. The normalized spacial score (nSPS) is 8.71. The minimum absolute atomic E-state index is 0. The van der Waals surface area contributed by atoms with Gasteiger partial charge in [0.1, 0.15) is 0 Å². The van der Waals surface area contributed by atoms with E-state index in [1.54, 1.807) is 7.11 Å². The van der Waals surface area contributed by atoms with Crippen molar-refractivity contribution in [1.82, 2.24) is 0 Å². The van der Waals surface area contributed by atoms with Crippen LogP contribution in [-0.4, -0.2) is 14.7 Å². The molecule has 0 aliphatic heterocycles. The summed E-state index contributed by atoms with van der Waals surface area (Å²) in [7, 11) is -2.00. The molecule has 0 fully saturated rings. The number of fused-ring (bicyclic) bond motifs is 1. The number of ether oxygens (including phenoxy) is 1. The summed E-state index contributed by atoms with van der Waals surface area (Å²) in [5, 5.41) is 2.29. The van der Waals surface area contributed by atoms with Gasteiger partial charge in [0.05, 0.1) is 12.9 Å². The molecule has 0 N–H and O–H groups in total. The zero-order valence-corrected chi connectivity index (χ0v) is 12.7. The van der Waals surface area contributed by atoms with Crippen molar-refractivity contribution in [2.75, 3.05) is 7.11 Å². The number of halogens is 3. The van der Waals surface area contributed by atoms with Crippen LogP contribution in [0, 0.1) is 6.07 Å². The van der Waals surface area contributed by atoms with E-state index in [-0.39, 0.29) is 51.4 Å². The molecule has 2 aromatic rings. The Labute approximate surface area is 141 Å². The Morgan fingerprint density at radius 1 is 1.18 bits per heavy atom. The van der Waals surface area contributed by atoms with E-state index in [0.29, 0.717) is 0 Å². The molecule has 0 heterocycles. The molecule has 0 radical (unpaired) electrons. The van der Waals surface area contributed by atoms with Crippen molar-refractivity contribution in [3.8, 4) is 5.75 Å². The van der Waals surface area contributed by atoms with Crippen molar-refractivity contribution in [2.24, 2.45) is 0 Å². The summed E-state index contributed by atoms with van der Waals surface area (Å²) in [6, 6.07) is 15.1. The van der Waals surface area contributed by atoms with Crippen LogP contribution in [0.1, 0.15) is 0 Å². The van der Waals surface area contributed by atoms with Crippen molar-refractivity contribution < 1.29 is 69.1 Å². The van der Waals surface area contributed by atoms with E-state index in [9.17, 15) is 12.9 Å². The molecule has 2 aromatic carbocycles. The summed E-state index contributed by atoms with van der Waals surface area (Å²) in [6.45, 7) is 0. The quantitative estimate of drug-likeness (QED) is 0.539. The molecule has 2 rings (SSSR count). The van der Waals surface area contributed by atoms with Gasteiger partial charge < -0.3 is 4.74 Å². The van der Waals surface area contributed by atoms with Crippen molar-refractivity contribution in [3.63, 3.8) is 0 Å². The van der Waals surface area contributed by atoms with Crippen LogP contribution in [-0.2, 0) is 0 Å². The Hall–Kier alpha value is -0.00870. The zero-order chi connectivity index (χ0) is 12.0. The van der Waals surface area contributed by atoms with Crippen LogP contribution in [0.2, 0.25) is 0 Å². The van der Waals surface area contributed by atoms with Gasteiger partial charge in [-0.2, -0.15) is 0 Å². The average molecular weight is 264 g/mol. The molecule has 0 amide bonds. The van der Waals surface area contributed by atoms with Gasteiger partial charge in [0.25, 0.3) is 0 Å². The second-order valence-corrected chi connectivity index (χ2v) is 2.87. The SMILES string of the molecule is COc1ccc2ccc[c-]c2c1.FB(F)F.[K+]. The van der Waals surface area contributed by atoms with Gasteiger partial charge in [-0.15, -0.1) is 35.0 Å². The predicted molar refractivity (Wildman–Crippen MR) is 58.4 cm³/mol. The minimum Gasteiger partial charge on any atom is -0.507 e. The fourth-order valence-corrected chi connectivity index (χ4v) is 1.22. The topological polar surface area (TPSA) is 9.23 Å². The third-order valence-corrected chi connectivity index (χ3v) is 1.87. The first-order valence-corrected chi connectivity index (χ1v) is 4.50. The Morgan fingerprint density at radius 2 is 1.82 bits per heavy atom. The molecule has 0 aliphatic rings. The van der Waals surface area contributed by atoms with E-state index in [1.807, 2.05) is 30.3 Å². The first kappa shape index (κ1) is 17.0. The van der Waals surface area contributed by atoms with Crippen LogP contribution >= 0.6 is 0 Å². The van der Waals surface area contributed by atoms with Crippen LogP contribution in [0.25, 0.3) is 10.8 Å². The molecule has 84 valence electrons. The molecule has 6 heteroatoms. The van der Waals surface area contributed by atoms with E-state index in [4.69, 9.17) is 4.74 Å². The minimum atomic E-state index is -3.67. The van der Waals surface area contributed by atoms with Crippen LogP contribution in [0.4, 0.5) is 12.9 Å². The monoisotopic (exact) mass is 264 g/mol. The maximum atomic E-state index is 9.67. The van der Waals surface area contributed by atoms with Gasteiger partial charge >= 0.3 is 58.9 Å². The third-order valence-electron chi connectivity index (χ3n) is 1.87. The van der Waals surface area contributed by atoms with E-state index >= 15 is 0 Å². The van der Waals surface area contributed by atoms with Crippen LogP contribution in [0.15, 0.2) is 36.4 Å². The fourth-order valence-electron chi connectivity index (χ4n) is 1.22. The number of rotatable bonds is 1. The van der Waals surface area contributed by atoms with E-state index in [0.717, 1.165) is 11.1 Å². The summed E-state index contributed by atoms with van der Waals surface area (Å²) >= 11 is 0. The summed E-state index contributed by atoms with van der Waals surface area (Å²) in [6.07, 6.45) is 0. The maximum Gasteiger partial charge on any atom is 1.00 e. The van der Waals surface area contributed by atoms with Crippen molar-refractivity contribution in [2.45, 2.75) is 0 Å². The first-order valence-electron chi connectivity index (χ1n) is 4.50. The summed E-state index contributed by atoms with van der Waals surface area (Å²) in [5.74, 6) is 0.880. The number of benzene rings is 2. The predicted octanol–water partition coefficient (Wildman–Crippen LogP) is 0.532. The van der Waals surface area contributed by atoms with Gasteiger partial charge in [-0.25, -0.2) is 0 Å². The van der Waals surface area contributed by atoms with E-state index < -0.39 is 7.54 Å². The Bertz CT molecular complexity index is 451. The number of hydrogen-bond donors (Lipinski definition) is 0. The molecular weight excluding hydrogens is 255 g/mol. The van der Waals surface area contributed by atoms with Crippen LogP contribution in [0.3, 0.4) is 0 Å². The molecule has 0 aliphatic carbocycles. The van der Waals surface area contributed by atoms with Gasteiger partial charge in [-0.3, -0.25) is 12.9 Å². The molecule has 0 saturated carbocycles. The van der Waals surface area contributed by atoms with E-state index in [2.05, 4.69) is 12.1 Å². The Morgan fingerprint density at radius 3 is 2.41 bits per heavy atom. The second-order valence-electron chi connectivity index (χ2n) is 2.87. The second kappa shape index (κ2) is 8.99. The van der Waals surface area contributed by atoms with Crippen molar-refractivity contribution >= 4 is 18.3 Å². The zero-order valence-electron chi connectivity index (χ0n) is 9.58. The van der Waals surface area contributed by atoms with E-state index in [1.165, 1.54) is 5.39 Å². The standard InChI is InChI=1S/C11H9O.BF3.K/c1-12-11-7-6-9-4-2-3-5-10(9)8-11;2-1(3)4;/h2-4,6-8H,1H3;;/q-1;;+1. The van der Waals surface area contributed by atoms with Gasteiger partial charge in [-0.05, 0) is 6.07 Å². The summed E-state index contributed by atoms with van der Waals surface area (Å²) < 4.78 is 34.1. The largest absolute Gasteiger partial charge is 1.00 e.